The minimum atomic E-state index is 0.303. The Kier molecular flexibility index (Phi) is 3.14. The zero-order valence-electron chi connectivity index (χ0n) is 11.5. The van der Waals surface area contributed by atoms with Crippen LogP contribution in [0, 0.1) is 0 Å². The number of hydrogen-bond donors (Lipinski definition) is 1. The van der Waals surface area contributed by atoms with Gasteiger partial charge in [-0.05, 0) is 44.2 Å². The smallest absolute Gasteiger partial charge is 0.141 e. The van der Waals surface area contributed by atoms with Crippen molar-refractivity contribution in [3.63, 3.8) is 0 Å². The molecular weight excluding hydrogens is 270 g/mol. The normalized spacial score (nSPS) is 11.4. The van der Waals surface area contributed by atoms with Crippen molar-refractivity contribution in [1.29, 1.82) is 0 Å². The number of imidazole rings is 1. The maximum Gasteiger partial charge on any atom is 0.141 e. The molecule has 1 aromatic heterocycles. The number of rotatable bonds is 2. The fourth-order valence-corrected chi connectivity index (χ4v) is 2.76. The molecule has 0 radical (unpaired) electrons. The van der Waals surface area contributed by atoms with Gasteiger partial charge in [0.2, 0.25) is 0 Å². The summed E-state index contributed by atoms with van der Waals surface area (Å²) in [6.07, 6.45) is 0. The fourth-order valence-electron chi connectivity index (χ4n) is 2.51. The molecule has 0 saturated carbocycles. The first-order valence-corrected chi connectivity index (χ1v) is 6.97. The van der Waals surface area contributed by atoms with Gasteiger partial charge in [0.15, 0.2) is 0 Å². The Morgan fingerprint density at radius 2 is 1.90 bits per heavy atom. The third kappa shape index (κ3) is 2.14. The predicted octanol–water partition coefficient (Wildman–Crippen LogP) is 4.52. The third-order valence-electron chi connectivity index (χ3n) is 3.29. The lowest BCUT2D eigenvalue weighted by molar-refractivity contribution is 0.624. The molecule has 0 fully saturated rings. The predicted molar refractivity (Wildman–Crippen MR) is 85.0 cm³/mol. The van der Waals surface area contributed by atoms with Gasteiger partial charge in [0.25, 0.3) is 0 Å². The lowest BCUT2D eigenvalue weighted by Gasteiger charge is -2.13. The van der Waals surface area contributed by atoms with Gasteiger partial charge in [0.1, 0.15) is 5.82 Å². The van der Waals surface area contributed by atoms with Crippen LogP contribution in [0.2, 0.25) is 5.02 Å². The van der Waals surface area contributed by atoms with E-state index >= 15 is 0 Å². The molecule has 2 N–H and O–H groups in total. The molecule has 1 heterocycles. The molecule has 0 amide bonds. The Hall–Kier alpha value is -2.00. The number of hydrogen-bond acceptors (Lipinski definition) is 2. The average Bonchev–Trinajstić information content (AvgIpc) is 2.76. The van der Waals surface area contributed by atoms with Crippen LogP contribution in [0.5, 0.6) is 0 Å². The van der Waals surface area contributed by atoms with Crippen LogP contribution in [-0.4, -0.2) is 9.55 Å². The molecule has 2 aromatic carbocycles. The second-order valence-corrected chi connectivity index (χ2v) is 5.60. The molecule has 4 heteroatoms. The lowest BCUT2D eigenvalue weighted by Crippen LogP contribution is -2.03. The van der Waals surface area contributed by atoms with Crippen molar-refractivity contribution < 1.29 is 0 Å². The van der Waals surface area contributed by atoms with Crippen molar-refractivity contribution in [2.75, 3.05) is 5.73 Å². The molecule has 0 aliphatic heterocycles. The van der Waals surface area contributed by atoms with E-state index in [1.54, 1.807) is 6.07 Å². The van der Waals surface area contributed by atoms with Gasteiger partial charge in [-0.2, -0.15) is 0 Å². The second kappa shape index (κ2) is 4.84. The number of aromatic nitrogens is 2. The average molecular weight is 286 g/mol. The van der Waals surface area contributed by atoms with E-state index in [0.717, 1.165) is 22.4 Å². The monoisotopic (exact) mass is 285 g/mol. The minimum absolute atomic E-state index is 0.303. The van der Waals surface area contributed by atoms with Crippen LogP contribution >= 0.6 is 11.6 Å². The van der Waals surface area contributed by atoms with Crippen molar-refractivity contribution in [3.05, 3.63) is 47.5 Å². The number of benzene rings is 2. The van der Waals surface area contributed by atoms with Gasteiger partial charge in [0, 0.05) is 22.3 Å². The van der Waals surface area contributed by atoms with E-state index in [1.807, 2.05) is 30.3 Å². The van der Waals surface area contributed by atoms with Gasteiger partial charge in [-0.15, -0.1) is 0 Å². The summed E-state index contributed by atoms with van der Waals surface area (Å²) in [6, 6.07) is 14.0. The van der Waals surface area contributed by atoms with Crippen LogP contribution in [0.3, 0.4) is 0 Å². The van der Waals surface area contributed by atoms with Gasteiger partial charge in [-0.3, -0.25) is 0 Å². The number of nitrogens with zero attached hydrogens (tertiary/aromatic N) is 2. The zero-order chi connectivity index (χ0) is 14.3. The SMILES string of the molecule is CC(C)n1c(-c2cc(N)cc(Cl)c2)nc2ccccc21. The van der Waals surface area contributed by atoms with E-state index in [1.165, 1.54) is 0 Å². The minimum Gasteiger partial charge on any atom is -0.399 e. The topological polar surface area (TPSA) is 43.8 Å². The number of nitrogens with two attached hydrogens (primary N) is 1. The summed E-state index contributed by atoms with van der Waals surface area (Å²) >= 11 is 6.11. The van der Waals surface area contributed by atoms with Crippen LogP contribution in [0.4, 0.5) is 5.69 Å². The molecule has 3 nitrogen and oxygen atoms in total. The highest BCUT2D eigenvalue weighted by atomic mass is 35.5. The molecule has 102 valence electrons. The molecule has 0 atom stereocenters. The Bertz CT molecular complexity index is 754. The van der Waals surface area contributed by atoms with Crippen LogP contribution in [0.25, 0.3) is 22.4 Å². The number of nitrogen functional groups attached to an aromatic ring is 1. The highest BCUT2D eigenvalue weighted by molar-refractivity contribution is 6.31. The summed E-state index contributed by atoms with van der Waals surface area (Å²) in [5.41, 5.74) is 9.59. The van der Waals surface area contributed by atoms with Crippen molar-refractivity contribution >= 4 is 28.3 Å². The first-order valence-electron chi connectivity index (χ1n) is 6.59. The van der Waals surface area contributed by atoms with E-state index in [-0.39, 0.29) is 0 Å². The standard InChI is InChI=1S/C16H16ClN3/c1-10(2)20-15-6-4-3-5-14(15)19-16(20)11-7-12(17)9-13(18)8-11/h3-10H,18H2,1-2H3. The van der Waals surface area contributed by atoms with Crippen molar-refractivity contribution in [1.82, 2.24) is 9.55 Å². The summed E-state index contributed by atoms with van der Waals surface area (Å²) in [5, 5.41) is 0.627. The highest BCUT2D eigenvalue weighted by Gasteiger charge is 2.15. The summed E-state index contributed by atoms with van der Waals surface area (Å²) in [7, 11) is 0. The third-order valence-corrected chi connectivity index (χ3v) is 3.51. The number of halogens is 1. The molecule has 20 heavy (non-hydrogen) atoms. The fraction of sp³-hybridized carbons (Fsp3) is 0.188. The second-order valence-electron chi connectivity index (χ2n) is 5.16. The Labute approximate surface area is 123 Å². The first-order chi connectivity index (χ1) is 9.56. The zero-order valence-corrected chi connectivity index (χ0v) is 12.2. The largest absolute Gasteiger partial charge is 0.399 e. The molecule has 3 aromatic rings. The molecule has 0 bridgehead atoms. The maximum atomic E-state index is 6.11. The lowest BCUT2D eigenvalue weighted by atomic mass is 10.2. The van der Waals surface area contributed by atoms with E-state index < -0.39 is 0 Å². The summed E-state index contributed by atoms with van der Waals surface area (Å²) in [6.45, 7) is 4.29. The van der Waals surface area contributed by atoms with Gasteiger partial charge >= 0.3 is 0 Å². The van der Waals surface area contributed by atoms with Crippen LogP contribution in [-0.2, 0) is 0 Å². The van der Waals surface area contributed by atoms with Gasteiger partial charge in [-0.1, -0.05) is 23.7 Å². The summed E-state index contributed by atoms with van der Waals surface area (Å²) in [4.78, 5) is 4.74. The Morgan fingerprint density at radius 1 is 1.15 bits per heavy atom. The molecule has 0 aliphatic carbocycles. The van der Waals surface area contributed by atoms with E-state index in [2.05, 4.69) is 24.5 Å². The highest BCUT2D eigenvalue weighted by Crippen LogP contribution is 2.31. The number of fused-ring (bicyclic) bond motifs is 1. The van der Waals surface area contributed by atoms with E-state index in [9.17, 15) is 0 Å². The summed E-state index contributed by atoms with van der Waals surface area (Å²) in [5.74, 6) is 0.899. The van der Waals surface area contributed by atoms with Gasteiger partial charge in [-0.25, -0.2) is 4.98 Å². The molecule has 0 aliphatic rings. The van der Waals surface area contributed by atoms with Gasteiger partial charge in [0.05, 0.1) is 11.0 Å². The molecular formula is C16H16ClN3. The summed E-state index contributed by atoms with van der Waals surface area (Å²) < 4.78 is 2.21. The van der Waals surface area contributed by atoms with Crippen LogP contribution in [0.1, 0.15) is 19.9 Å². The molecule has 0 unspecified atom stereocenters. The Morgan fingerprint density at radius 3 is 2.60 bits per heavy atom. The Balaban J connectivity index is 2.32. The van der Waals surface area contributed by atoms with Crippen molar-refractivity contribution in [2.45, 2.75) is 19.9 Å². The number of anilines is 1. The number of para-hydroxylation sites is 2. The quantitative estimate of drug-likeness (QED) is 0.704. The van der Waals surface area contributed by atoms with E-state index in [0.29, 0.717) is 16.8 Å². The molecule has 3 rings (SSSR count). The van der Waals surface area contributed by atoms with Crippen molar-refractivity contribution in [2.24, 2.45) is 0 Å². The molecule has 0 saturated heterocycles. The van der Waals surface area contributed by atoms with Crippen LogP contribution in [0.15, 0.2) is 42.5 Å². The van der Waals surface area contributed by atoms with Gasteiger partial charge < -0.3 is 10.3 Å². The van der Waals surface area contributed by atoms with Crippen LogP contribution < -0.4 is 5.73 Å². The molecule has 0 spiro atoms. The van der Waals surface area contributed by atoms with E-state index in [4.69, 9.17) is 22.3 Å². The first kappa shape index (κ1) is 13.0. The maximum absolute atomic E-state index is 6.11. The van der Waals surface area contributed by atoms with Crippen molar-refractivity contribution in [3.8, 4) is 11.4 Å².